The van der Waals surface area contributed by atoms with Crippen LogP contribution in [0.1, 0.15) is 37.0 Å². The van der Waals surface area contributed by atoms with E-state index in [0.717, 1.165) is 49.9 Å². The fourth-order valence-corrected chi connectivity index (χ4v) is 4.09. The first kappa shape index (κ1) is 15.8. The van der Waals surface area contributed by atoms with Crippen LogP contribution in [0.4, 0.5) is 10.5 Å². The van der Waals surface area contributed by atoms with Gasteiger partial charge in [-0.2, -0.15) is 5.10 Å². The number of carbonyl (C=O) groups is 1. The van der Waals surface area contributed by atoms with Gasteiger partial charge >= 0.3 is 6.03 Å². The van der Waals surface area contributed by atoms with Crippen molar-refractivity contribution in [3.05, 3.63) is 24.0 Å². The zero-order chi connectivity index (χ0) is 17.5. The number of aryl methyl sites for hydroxylation is 1. The summed E-state index contributed by atoms with van der Waals surface area (Å²) in [4.78, 5) is 15.9. The van der Waals surface area contributed by atoms with Crippen molar-refractivity contribution in [2.75, 3.05) is 31.1 Å². The van der Waals surface area contributed by atoms with E-state index in [1.54, 1.807) is 11.1 Å². The van der Waals surface area contributed by atoms with Crippen molar-refractivity contribution >= 4 is 11.7 Å². The van der Waals surface area contributed by atoms with Crippen molar-refractivity contribution < 1.29 is 4.79 Å². The van der Waals surface area contributed by atoms with Gasteiger partial charge in [-0.3, -0.25) is 14.5 Å². The summed E-state index contributed by atoms with van der Waals surface area (Å²) in [7, 11) is 0. The van der Waals surface area contributed by atoms with Crippen LogP contribution >= 0.6 is 0 Å². The lowest BCUT2D eigenvalue weighted by Gasteiger charge is -2.38. The normalized spacial score (nSPS) is 21.4. The molecule has 0 aromatic carbocycles. The van der Waals surface area contributed by atoms with Crippen molar-refractivity contribution in [3.63, 3.8) is 0 Å². The Hall–Kier alpha value is -2.42. The molecule has 2 amide bonds. The monoisotopic (exact) mass is 356 g/mol. The third-order valence-electron chi connectivity index (χ3n) is 5.62. The summed E-state index contributed by atoms with van der Waals surface area (Å²) in [5, 5.41) is 16.1. The molecule has 0 saturated carbocycles. The molecule has 9 nitrogen and oxygen atoms in total. The molecule has 0 radical (unpaired) electrons. The van der Waals surface area contributed by atoms with Crippen molar-refractivity contribution in [2.45, 2.75) is 44.8 Å². The number of amides is 2. The summed E-state index contributed by atoms with van der Waals surface area (Å²) in [6.07, 6.45) is 8.55. The van der Waals surface area contributed by atoms with Crippen LogP contribution in [-0.2, 0) is 19.5 Å². The molecule has 0 aliphatic carbocycles. The van der Waals surface area contributed by atoms with E-state index in [4.69, 9.17) is 0 Å². The molecule has 2 aromatic heterocycles. The molecule has 0 atom stereocenters. The fourth-order valence-electron chi connectivity index (χ4n) is 4.09. The molecule has 0 bridgehead atoms. The van der Waals surface area contributed by atoms with Crippen LogP contribution in [0, 0.1) is 0 Å². The van der Waals surface area contributed by atoms with Gasteiger partial charge in [0, 0.05) is 45.3 Å². The number of rotatable bonds is 4. The standard InChI is InChI=1S/C17H24N8O/c26-17-18-5-7-23(17)13-8-19-25(11-13)14-9-22(10-14)12-16-21-20-15-4-2-1-3-6-24(15)16/h8,11,14H,1-7,9-10,12H2,(H,18,26). The maximum Gasteiger partial charge on any atom is 0.322 e. The van der Waals surface area contributed by atoms with Crippen LogP contribution in [0.3, 0.4) is 0 Å². The molecular weight excluding hydrogens is 332 g/mol. The highest BCUT2D eigenvalue weighted by Gasteiger charge is 2.31. The number of hydrogen-bond donors (Lipinski definition) is 1. The van der Waals surface area contributed by atoms with Crippen LogP contribution in [-0.4, -0.2) is 61.7 Å². The number of carbonyl (C=O) groups excluding carboxylic acids is 1. The molecule has 138 valence electrons. The highest BCUT2D eigenvalue weighted by atomic mass is 16.2. The second-order valence-electron chi connectivity index (χ2n) is 7.40. The smallest absolute Gasteiger partial charge is 0.322 e. The Labute approximate surface area is 152 Å². The molecule has 2 fully saturated rings. The van der Waals surface area contributed by atoms with E-state index in [0.29, 0.717) is 19.1 Å². The van der Waals surface area contributed by atoms with E-state index < -0.39 is 0 Å². The number of nitrogens with zero attached hydrogens (tertiary/aromatic N) is 7. The zero-order valence-corrected chi connectivity index (χ0v) is 14.8. The minimum Gasteiger partial charge on any atom is -0.336 e. The molecular formula is C17H24N8O. The third-order valence-corrected chi connectivity index (χ3v) is 5.62. The van der Waals surface area contributed by atoms with Gasteiger partial charge in [0.15, 0.2) is 0 Å². The van der Waals surface area contributed by atoms with E-state index in [9.17, 15) is 4.79 Å². The van der Waals surface area contributed by atoms with Crippen LogP contribution < -0.4 is 10.2 Å². The summed E-state index contributed by atoms with van der Waals surface area (Å²) in [5.41, 5.74) is 0.876. The number of hydrogen-bond acceptors (Lipinski definition) is 5. The Kier molecular flexibility index (Phi) is 3.88. The number of nitrogens with one attached hydrogen (secondary N) is 1. The van der Waals surface area contributed by atoms with E-state index in [1.165, 1.54) is 19.3 Å². The van der Waals surface area contributed by atoms with Gasteiger partial charge in [0.25, 0.3) is 0 Å². The number of fused-ring (bicyclic) bond motifs is 1. The molecule has 26 heavy (non-hydrogen) atoms. The molecule has 5 rings (SSSR count). The van der Waals surface area contributed by atoms with E-state index in [2.05, 4.69) is 30.1 Å². The lowest BCUT2D eigenvalue weighted by atomic mass is 10.1. The van der Waals surface area contributed by atoms with E-state index in [-0.39, 0.29) is 6.03 Å². The molecule has 0 spiro atoms. The highest BCUT2D eigenvalue weighted by molar-refractivity contribution is 5.93. The topological polar surface area (TPSA) is 84.1 Å². The molecule has 5 heterocycles. The van der Waals surface area contributed by atoms with Gasteiger partial charge in [-0.15, -0.1) is 10.2 Å². The molecule has 3 aliphatic rings. The Bertz CT molecular complexity index is 806. The van der Waals surface area contributed by atoms with Crippen molar-refractivity contribution in [3.8, 4) is 0 Å². The minimum absolute atomic E-state index is 0.0349. The van der Waals surface area contributed by atoms with Gasteiger partial charge in [0.1, 0.15) is 11.6 Å². The lowest BCUT2D eigenvalue weighted by Crippen LogP contribution is -2.47. The summed E-state index contributed by atoms with van der Waals surface area (Å²) in [6.45, 7) is 5.22. The first-order chi connectivity index (χ1) is 12.8. The van der Waals surface area contributed by atoms with Crippen LogP contribution in [0.5, 0.6) is 0 Å². The molecule has 3 aliphatic heterocycles. The van der Waals surface area contributed by atoms with Crippen molar-refractivity contribution in [1.82, 2.24) is 34.8 Å². The first-order valence-electron chi connectivity index (χ1n) is 9.51. The summed E-state index contributed by atoms with van der Waals surface area (Å²) < 4.78 is 4.31. The quantitative estimate of drug-likeness (QED) is 0.875. The Morgan fingerprint density at radius 1 is 1.15 bits per heavy atom. The third kappa shape index (κ3) is 2.76. The van der Waals surface area contributed by atoms with Crippen LogP contribution in [0.15, 0.2) is 12.4 Å². The summed E-state index contributed by atoms with van der Waals surface area (Å²) in [6, 6.07) is 0.327. The van der Waals surface area contributed by atoms with Gasteiger partial charge in [-0.25, -0.2) is 4.79 Å². The Morgan fingerprint density at radius 2 is 2.08 bits per heavy atom. The zero-order valence-electron chi connectivity index (χ0n) is 14.8. The van der Waals surface area contributed by atoms with Gasteiger partial charge < -0.3 is 9.88 Å². The predicted molar refractivity (Wildman–Crippen MR) is 94.9 cm³/mol. The van der Waals surface area contributed by atoms with Gasteiger partial charge in [0.05, 0.1) is 24.5 Å². The van der Waals surface area contributed by atoms with Gasteiger partial charge in [0.2, 0.25) is 0 Å². The van der Waals surface area contributed by atoms with Crippen LogP contribution in [0.25, 0.3) is 0 Å². The summed E-state index contributed by atoms with van der Waals surface area (Å²) in [5.74, 6) is 2.24. The SMILES string of the molecule is O=C1NCCN1c1cnn(C2CN(Cc3nnc4n3CCCCC4)C2)c1. The fraction of sp³-hybridized carbons (Fsp3) is 0.647. The summed E-state index contributed by atoms with van der Waals surface area (Å²) >= 11 is 0. The second-order valence-corrected chi connectivity index (χ2v) is 7.40. The maximum absolute atomic E-state index is 11.8. The van der Waals surface area contributed by atoms with Crippen LogP contribution in [0.2, 0.25) is 0 Å². The highest BCUT2D eigenvalue weighted by Crippen LogP contribution is 2.26. The Morgan fingerprint density at radius 3 is 2.92 bits per heavy atom. The number of aromatic nitrogens is 5. The lowest BCUT2D eigenvalue weighted by molar-refractivity contribution is 0.0866. The number of anilines is 1. The largest absolute Gasteiger partial charge is 0.336 e. The van der Waals surface area contributed by atoms with Gasteiger partial charge in [-0.1, -0.05) is 6.42 Å². The molecule has 2 saturated heterocycles. The van der Waals surface area contributed by atoms with Gasteiger partial charge in [-0.05, 0) is 12.8 Å². The van der Waals surface area contributed by atoms with Crippen molar-refractivity contribution in [2.24, 2.45) is 0 Å². The second kappa shape index (κ2) is 6.39. The first-order valence-corrected chi connectivity index (χ1v) is 9.51. The average Bonchev–Trinajstić information content (AvgIpc) is 3.28. The molecule has 0 unspecified atom stereocenters. The van der Waals surface area contributed by atoms with E-state index >= 15 is 0 Å². The minimum atomic E-state index is -0.0349. The van der Waals surface area contributed by atoms with E-state index in [1.807, 2.05) is 10.9 Å². The molecule has 1 N–H and O–H groups in total. The molecule has 2 aromatic rings. The van der Waals surface area contributed by atoms with Crippen molar-refractivity contribution in [1.29, 1.82) is 0 Å². The average molecular weight is 356 g/mol. The Balaban J connectivity index is 1.20. The predicted octanol–water partition coefficient (Wildman–Crippen LogP) is 0.787. The molecule has 9 heteroatoms. The maximum atomic E-state index is 11.8. The number of urea groups is 1. The number of likely N-dealkylation sites (tertiary alicyclic amines) is 1.